The molecule has 9 heteroatoms. The molecule has 0 aliphatic heterocycles. The van der Waals surface area contributed by atoms with Gasteiger partial charge in [0.2, 0.25) is 0 Å². The van der Waals surface area contributed by atoms with Crippen molar-refractivity contribution < 1.29 is 8.42 Å². The number of aromatic nitrogens is 1. The lowest BCUT2D eigenvalue weighted by Gasteiger charge is -2.11. The first-order chi connectivity index (χ1) is 9.29. The molecule has 1 aromatic carbocycles. The summed E-state index contributed by atoms with van der Waals surface area (Å²) >= 11 is 12.2. The van der Waals surface area contributed by atoms with E-state index in [1.807, 2.05) is 0 Å². The zero-order valence-corrected chi connectivity index (χ0v) is 14.5. The summed E-state index contributed by atoms with van der Waals surface area (Å²) < 4.78 is 28.0. The van der Waals surface area contributed by atoms with Crippen LogP contribution in [0.2, 0.25) is 5.02 Å². The number of nitrogen functional groups attached to an aromatic ring is 1. The number of nitrogens with one attached hydrogen (secondary N) is 1. The number of hydrogen-bond acceptors (Lipinski definition) is 4. The Labute approximate surface area is 137 Å². The Kier molecular flexibility index (Phi) is 4.58. The van der Waals surface area contributed by atoms with Crippen LogP contribution in [-0.4, -0.2) is 13.4 Å². The van der Waals surface area contributed by atoms with Gasteiger partial charge in [0.05, 0.1) is 4.47 Å². The molecular formula is C11H8Br2ClN3O2S. The maximum absolute atomic E-state index is 12.3. The Morgan fingerprint density at radius 2 is 1.95 bits per heavy atom. The van der Waals surface area contributed by atoms with Crippen LogP contribution in [0.1, 0.15) is 0 Å². The van der Waals surface area contributed by atoms with E-state index in [9.17, 15) is 8.42 Å². The van der Waals surface area contributed by atoms with Gasteiger partial charge in [0, 0.05) is 21.4 Å². The first kappa shape index (κ1) is 15.6. The molecule has 0 saturated carbocycles. The molecule has 0 unspecified atom stereocenters. The van der Waals surface area contributed by atoms with Crippen molar-refractivity contribution >= 4 is 65.0 Å². The number of sulfonamides is 1. The lowest BCUT2D eigenvalue weighted by atomic mass is 10.3. The Bertz CT molecular complexity index is 751. The van der Waals surface area contributed by atoms with Gasteiger partial charge >= 0.3 is 0 Å². The zero-order chi connectivity index (χ0) is 14.9. The topological polar surface area (TPSA) is 85.1 Å². The molecule has 20 heavy (non-hydrogen) atoms. The first-order valence-electron chi connectivity index (χ1n) is 5.18. The number of rotatable bonds is 3. The SMILES string of the molecule is Nc1cc(Cl)cc(S(=O)(=O)Nc2ccc(Br)cn2)c1Br. The van der Waals surface area contributed by atoms with E-state index in [0.717, 1.165) is 4.47 Å². The second-order valence-corrected chi connectivity index (χ2v) is 7.57. The summed E-state index contributed by atoms with van der Waals surface area (Å²) in [5.74, 6) is 0.193. The van der Waals surface area contributed by atoms with Gasteiger partial charge in [0.1, 0.15) is 10.7 Å². The average Bonchev–Trinajstić information content (AvgIpc) is 2.36. The first-order valence-corrected chi connectivity index (χ1v) is 8.63. The van der Waals surface area contributed by atoms with E-state index in [-0.39, 0.29) is 25.9 Å². The third kappa shape index (κ3) is 3.43. The van der Waals surface area contributed by atoms with Crippen molar-refractivity contribution in [2.75, 3.05) is 10.5 Å². The highest BCUT2D eigenvalue weighted by atomic mass is 79.9. The Morgan fingerprint density at radius 3 is 2.55 bits per heavy atom. The molecule has 106 valence electrons. The summed E-state index contributed by atoms with van der Waals surface area (Å²) in [5, 5.41) is 0.231. The van der Waals surface area contributed by atoms with Crippen LogP contribution in [0.5, 0.6) is 0 Å². The second kappa shape index (κ2) is 5.88. The lowest BCUT2D eigenvalue weighted by molar-refractivity contribution is 0.600. The molecule has 3 N–H and O–H groups in total. The quantitative estimate of drug-likeness (QED) is 0.712. The number of nitrogens with zero attached hydrogens (tertiary/aromatic N) is 1. The largest absolute Gasteiger partial charge is 0.398 e. The number of benzene rings is 1. The number of anilines is 2. The predicted molar refractivity (Wildman–Crippen MR) is 86.3 cm³/mol. The average molecular weight is 442 g/mol. The van der Waals surface area contributed by atoms with Crippen molar-refractivity contribution in [3.63, 3.8) is 0 Å². The molecule has 0 aliphatic rings. The molecule has 1 heterocycles. The van der Waals surface area contributed by atoms with Crippen LogP contribution in [0.15, 0.2) is 44.3 Å². The van der Waals surface area contributed by atoms with E-state index in [0.29, 0.717) is 0 Å². The van der Waals surface area contributed by atoms with Gasteiger partial charge < -0.3 is 5.73 Å². The number of halogens is 3. The molecule has 0 saturated heterocycles. The van der Waals surface area contributed by atoms with Crippen LogP contribution < -0.4 is 10.5 Å². The third-order valence-corrected chi connectivity index (χ3v) is 5.50. The highest BCUT2D eigenvalue weighted by Crippen LogP contribution is 2.32. The fourth-order valence-corrected chi connectivity index (χ4v) is 3.94. The smallest absolute Gasteiger partial charge is 0.264 e. The summed E-state index contributed by atoms with van der Waals surface area (Å²) in [6, 6.07) is 5.97. The number of nitrogens with two attached hydrogens (primary N) is 1. The van der Waals surface area contributed by atoms with Crippen molar-refractivity contribution in [3.05, 3.63) is 44.4 Å². The van der Waals surface area contributed by atoms with Gasteiger partial charge in [-0.2, -0.15) is 0 Å². The molecule has 1 aromatic heterocycles. The summed E-state index contributed by atoms with van der Waals surface area (Å²) in [7, 11) is -3.84. The summed E-state index contributed by atoms with van der Waals surface area (Å²) in [5.41, 5.74) is 5.92. The highest BCUT2D eigenvalue weighted by Gasteiger charge is 2.20. The van der Waals surface area contributed by atoms with E-state index >= 15 is 0 Å². The van der Waals surface area contributed by atoms with Gasteiger partial charge in [-0.25, -0.2) is 13.4 Å². The van der Waals surface area contributed by atoms with Gasteiger partial charge in [-0.15, -0.1) is 0 Å². The van der Waals surface area contributed by atoms with Crippen LogP contribution in [0.3, 0.4) is 0 Å². The van der Waals surface area contributed by atoms with Crippen LogP contribution >= 0.6 is 43.5 Å². The van der Waals surface area contributed by atoms with E-state index in [4.69, 9.17) is 17.3 Å². The molecule has 0 spiro atoms. The van der Waals surface area contributed by atoms with E-state index < -0.39 is 10.0 Å². The van der Waals surface area contributed by atoms with Gasteiger partial charge in [0.25, 0.3) is 10.0 Å². The maximum atomic E-state index is 12.3. The highest BCUT2D eigenvalue weighted by molar-refractivity contribution is 9.10. The van der Waals surface area contributed by atoms with E-state index in [1.165, 1.54) is 24.4 Å². The monoisotopic (exact) mass is 439 g/mol. The van der Waals surface area contributed by atoms with Crippen molar-refractivity contribution in [3.8, 4) is 0 Å². The molecule has 0 fully saturated rings. The minimum Gasteiger partial charge on any atom is -0.398 e. The normalized spacial score (nSPS) is 11.3. The minimum atomic E-state index is -3.84. The predicted octanol–water partition coefficient (Wildman–Crippen LogP) is 3.64. The molecule has 5 nitrogen and oxygen atoms in total. The number of hydrogen-bond donors (Lipinski definition) is 2. The molecule has 2 aromatic rings. The Hall–Kier alpha value is -0.830. The maximum Gasteiger partial charge on any atom is 0.264 e. The molecule has 0 radical (unpaired) electrons. The standard InChI is InChI=1S/C11H8Br2ClN3O2S/c12-6-1-2-10(16-5-6)17-20(18,19)9-4-7(14)3-8(15)11(9)13/h1-5H,15H2,(H,16,17). The Morgan fingerprint density at radius 1 is 1.25 bits per heavy atom. The van der Waals surface area contributed by atoms with Crippen LogP contribution in [0.25, 0.3) is 0 Å². The van der Waals surface area contributed by atoms with Gasteiger partial charge in [-0.3, -0.25) is 4.72 Å². The van der Waals surface area contributed by atoms with Gasteiger partial charge in [-0.1, -0.05) is 11.6 Å². The fourth-order valence-electron chi connectivity index (χ4n) is 1.41. The van der Waals surface area contributed by atoms with E-state index in [2.05, 4.69) is 41.6 Å². The Balaban J connectivity index is 2.43. The molecule has 2 rings (SSSR count). The van der Waals surface area contributed by atoms with Gasteiger partial charge in [-0.05, 0) is 56.1 Å². The van der Waals surface area contributed by atoms with Crippen molar-refractivity contribution in [1.82, 2.24) is 4.98 Å². The van der Waals surface area contributed by atoms with Gasteiger partial charge in [0.15, 0.2) is 0 Å². The summed E-state index contributed by atoms with van der Waals surface area (Å²) in [4.78, 5) is 3.90. The molecule has 0 bridgehead atoms. The molecule has 0 aliphatic carbocycles. The zero-order valence-electron chi connectivity index (χ0n) is 9.77. The summed E-state index contributed by atoms with van der Waals surface area (Å²) in [6.45, 7) is 0. The molecule has 0 amide bonds. The van der Waals surface area contributed by atoms with Crippen LogP contribution in [-0.2, 0) is 10.0 Å². The number of pyridine rings is 1. The molecular weight excluding hydrogens is 433 g/mol. The fraction of sp³-hybridized carbons (Fsp3) is 0. The van der Waals surface area contributed by atoms with Crippen molar-refractivity contribution in [2.24, 2.45) is 0 Å². The summed E-state index contributed by atoms with van der Waals surface area (Å²) in [6.07, 6.45) is 1.49. The van der Waals surface area contributed by atoms with Crippen LogP contribution in [0, 0.1) is 0 Å². The lowest BCUT2D eigenvalue weighted by Crippen LogP contribution is -2.15. The van der Waals surface area contributed by atoms with E-state index in [1.54, 1.807) is 6.07 Å². The third-order valence-electron chi connectivity index (χ3n) is 2.29. The minimum absolute atomic E-state index is 0.0489. The second-order valence-electron chi connectivity index (χ2n) is 3.77. The van der Waals surface area contributed by atoms with Crippen LogP contribution in [0.4, 0.5) is 11.5 Å². The van der Waals surface area contributed by atoms with Crippen molar-refractivity contribution in [2.45, 2.75) is 4.90 Å². The molecule has 0 atom stereocenters. The van der Waals surface area contributed by atoms with Crippen molar-refractivity contribution in [1.29, 1.82) is 0 Å².